The van der Waals surface area contributed by atoms with Crippen LogP contribution >= 0.6 is 0 Å². The predicted octanol–water partition coefficient (Wildman–Crippen LogP) is 3.23. The molecule has 0 spiro atoms. The summed E-state index contributed by atoms with van der Waals surface area (Å²) in [6.45, 7) is 15.8. The molecule has 0 aliphatic heterocycles. The zero-order chi connectivity index (χ0) is 16.4. The number of carbonyl (C=O) groups excluding carboxylic acids is 1. The molecule has 0 aromatic rings. The van der Waals surface area contributed by atoms with Crippen LogP contribution in [0.4, 0.5) is 4.79 Å². The summed E-state index contributed by atoms with van der Waals surface area (Å²) in [6, 6.07) is 0. The van der Waals surface area contributed by atoms with Crippen molar-refractivity contribution in [1.82, 2.24) is 5.32 Å². The van der Waals surface area contributed by atoms with Gasteiger partial charge in [-0.3, -0.25) is 0 Å². The van der Waals surface area contributed by atoms with Crippen molar-refractivity contribution < 1.29 is 19.0 Å². The number of alkyl carbamates (subject to hydrolysis) is 1. The number of hydrogen-bond donors (Lipinski definition) is 1. The van der Waals surface area contributed by atoms with E-state index in [2.05, 4.69) is 26.1 Å². The van der Waals surface area contributed by atoms with Crippen LogP contribution in [0.1, 0.15) is 48.0 Å². The van der Waals surface area contributed by atoms with E-state index in [9.17, 15) is 4.79 Å². The molecule has 0 saturated carbocycles. The van der Waals surface area contributed by atoms with Crippen molar-refractivity contribution in [2.45, 2.75) is 48.0 Å². The smallest absolute Gasteiger partial charge is 0.407 e. The molecular weight excluding hydrogens is 270 g/mol. The second-order valence-corrected chi connectivity index (χ2v) is 7.60. The summed E-state index contributed by atoms with van der Waals surface area (Å²) in [6.07, 6.45) is 0.642. The van der Waals surface area contributed by atoms with Gasteiger partial charge in [-0.25, -0.2) is 4.79 Å². The molecule has 0 aromatic carbocycles. The Labute approximate surface area is 129 Å². The molecule has 5 nitrogen and oxygen atoms in total. The Morgan fingerprint density at radius 1 is 0.857 bits per heavy atom. The van der Waals surface area contributed by atoms with E-state index in [1.165, 1.54) is 0 Å². The van der Waals surface area contributed by atoms with Crippen LogP contribution in [0.15, 0.2) is 0 Å². The molecule has 0 atom stereocenters. The molecule has 0 rings (SSSR count). The lowest BCUT2D eigenvalue weighted by molar-refractivity contribution is 0.0389. The quantitative estimate of drug-likeness (QED) is 0.664. The molecule has 0 aliphatic carbocycles. The van der Waals surface area contributed by atoms with E-state index in [4.69, 9.17) is 14.2 Å². The lowest BCUT2D eigenvalue weighted by Gasteiger charge is -2.18. The van der Waals surface area contributed by atoms with E-state index in [1.54, 1.807) is 0 Å². The van der Waals surface area contributed by atoms with Gasteiger partial charge in [-0.05, 0) is 17.3 Å². The van der Waals surface area contributed by atoms with Crippen LogP contribution < -0.4 is 5.32 Å². The minimum Gasteiger partial charge on any atom is -0.449 e. The summed E-state index contributed by atoms with van der Waals surface area (Å²) in [4.78, 5) is 11.3. The van der Waals surface area contributed by atoms with E-state index in [0.717, 1.165) is 13.0 Å². The molecule has 0 aliphatic rings. The second kappa shape index (κ2) is 10.0. The fourth-order valence-corrected chi connectivity index (χ4v) is 1.26. The number of amides is 1. The summed E-state index contributed by atoms with van der Waals surface area (Å²) in [5.74, 6) is 0. The topological polar surface area (TPSA) is 56.8 Å². The van der Waals surface area contributed by atoms with Gasteiger partial charge in [-0.2, -0.15) is 0 Å². The summed E-state index contributed by atoms with van der Waals surface area (Å²) in [5.41, 5.74) is 0.288. The average molecular weight is 303 g/mol. The van der Waals surface area contributed by atoms with E-state index in [-0.39, 0.29) is 5.41 Å². The normalized spacial score (nSPS) is 12.3. The molecule has 0 fully saturated rings. The van der Waals surface area contributed by atoms with Crippen LogP contribution in [0.3, 0.4) is 0 Å². The standard InChI is InChI=1S/C16H33NO4/c1-15(2,3)7-9-19-11-12-20-10-8-17-14(18)21-13-16(4,5)6/h7-13H2,1-6H3,(H,17,18). The third-order valence-corrected chi connectivity index (χ3v) is 2.52. The van der Waals surface area contributed by atoms with E-state index in [1.807, 2.05) is 20.8 Å². The molecule has 0 unspecified atom stereocenters. The molecule has 1 amide bonds. The first-order chi connectivity index (χ1) is 9.60. The predicted molar refractivity (Wildman–Crippen MR) is 84.5 cm³/mol. The number of carbonyl (C=O) groups is 1. The van der Waals surface area contributed by atoms with Crippen molar-refractivity contribution in [2.75, 3.05) is 39.6 Å². The first-order valence-corrected chi connectivity index (χ1v) is 7.66. The lowest BCUT2D eigenvalue weighted by Crippen LogP contribution is -2.30. The number of nitrogens with one attached hydrogen (secondary N) is 1. The lowest BCUT2D eigenvalue weighted by atomic mass is 9.93. The Morgan fingerprint density at radius 2 is 1.43 bits per heavy atom. The van der Waals surface area contributed by atoms with Crippen molar-refractivity contribution >= 4 is 6.09 Å². The van der Waals surface area contributed by atoms with E-state index < -0.39 is 6.09 Å². The summed E-state index contributed by atoms with van der Waals surface area (Å²) >= 11 is 0. The van der Waals surface area contributed by atoms with Crippen molar-refractivity contribution in [3.8, 4) is 0 Å². The Morgan fingerprint density at radius 3 is 1.95 bits per heavy atom. The molecule has 0 saturated heterocycles. The fraction of sp³-hybridized carbons (Fsp3) is 0.938. The maximum Gasteiger partial charge on any atom is 0.407 e. The second-order valence-electron chi connectivity index (χ2n) is 7.60. The minimum absolute atomic E-state index is 0.0156. The molecule has 0 bridgehead atoms. The van der Waals surface area contributed by atoms with Crippen LogP contribution in [0.2, 0.25) is 0 Å². The molecule has 5 heteroatoms. The molecule has 0 aromatic heterocycles. The third kappa shape index (κ3) is 17.1. The van der Waals surface area contributed by atoms with Crippen molar-refractivity contribution in [2.24, 2.45) is 10.8 Å². The third-order valence-electron chi connectivity index (χ3n) is 2.52. The minimum atomic E-state index is -0.394. The molecule has 0 radical (unpaired) electrons. The van der Waals surface area contributed by atoms with Gasteiger partial charge in [0.05, 0.1) is 26.4 Å². The van der Waals surface area contributed by atoms with Crippen LogP contribution in [-0.2, 0) is 14.2 Å². The zero-order valence-electron chi connectivity index (χ0n) is 14.6. The SMILES string of the molecule is CC(C)(C)CCOCCOCCNC(=O)OCC(C)(C)C. The van der Waals surface area contributed by atoms with Crippen LogP contribution in [0, 0.1) is 10.8 Å². The summed E-state index contributed by atoms with van der Waals surface area (Å²) < 4.78 is 15.9. The van der Waals surface area contributed by atoms with Crippen molar-refractivity contribution in [1.29, 1.82) is 0 Å². The Hall–Kier alpha value is -0.810. The largest absolute Gasteiger partial charge is 0.449 e. The Kier molecular flexibility index (Phi) is 9.62. The zero-order valence-corrected chi connectivity index (χ0v) is 14.6. The Balaban J connectivity index is 3.31. The van der Waals surface area contributed by atoms with Crippen LogP contribution in [0.5, 0.6) is 0 Å². The Bertz CT molecular complexity index is 279. The molecule has 126 valence electrons. The van der Waals surface area contributed by atoms with Gasteiger partial charge < -0.3 is 19.5 Å². The van der Waals surface area contributed by atoms with Gasteiger partial charge in [0.1, 0.15) is 0 Å². The van der Waals surface area contributed by atoms with Gasteiger partial charge in [0.25, 0.3) is 0 Å². The fourth-order valence-electron chi connectivity index (χ4n) is 1.26. The number of ether oxygens (including phenoxy) is 3. The number of rotatable bonds is 9. The van der Waals surface area contributed by atoms with Gasteiger partial charge in [-0.15, -0.1) is 0 Å². The highest BCUT2D eigenvalue weighted by Crippen LogP contribution is 2.17. The van der Waals surface area contributed by atoms with Gasteiger partial charge in [0.2, 0.25) is 0 Å². The van der Waals surface area contributed by atoms with E-state index >= 15 is 0 Å². The molecule has 21 heavy (non-hydrogen) atoms. The van der Waals surface area contributed by atoms with Crippen LogP contribution in [0.25, 0.3) is 0 Å². The van der Waals surface area contributed by atoms with Crippen molar-refractivity contribution in [3.63, 3.8) is 0 Å². The maximum absolute atomic E-state index is 11.3. The van der Waals surface area contributed by atoms with Gasteiger partial charge in [-0.1, -0.05) is 41.5 Å². The van der Waals surface area contributed by atoms with Gasteiger partial charge >= 0.3 is 6.09 Å². The molecule has 1 N–H and O–H groups in total. The molecular formula is C16H33NO4. The highest BCUT2D eigenvalue weighted by molar-refractivity contribution is 5.67. The maximum atomic E-state index is 11.3. The average Bonchev–Trinajstić information content (AvgIpc) is 2.32. The highest BCUT2D eigenvalue weighted by Gasteiger charge is 2.13. The van der Waals surface area contributed by atoms with Crippen molar-refractivity contribution in [3.05, 3.63) is 0 Å². The first kappa shape index (κ1) is 20.2. The van der Waals surface area contributed by atoms with E-state index in [0.29, 0.717) is 38.4 Å². The monoisotopic (exact) mass is 303 g/mol. The first-order valence-electron chi connectivity index (χ1n) is 7.66. The van der Waals surface area contributed by atoms with Crippen LogP contribution in [-0.4, -0.2) is 45.7 Å². The summed E-state index contributed by atoms with van der Waals surface area (Å²) in [7, 11) is 0. The van der Waals surface area contributed by atoms with Gasteiger partial charge in [0, 0.05) is 13.2 Å². The van der Waals surface area contributed by atoms with Gasteiger partial charge in [0.15, 0.2) is 0 Å². The molecule has 0 heterocycles. The highest BCUT2D eigenvalue weighted by atomic mass is 16.6. The summed E-state index contributed by atoms with van der Waals surface area (Å²) in [5, 5.41) is 2.65. The number of hydrogen-bond acceptors (Lipinski definition) is 4.